The molecule has 2 saturated heterocycles. The second kappa shape index (κ2) is 4.94. The maximum atomic E-state index is 13.0. The summed E-state index contributed by atoms with van der Waals surface area (Å²) in [4.78, 5) is 19.7. The number of pyridine rings is 1. The van der Waals surface area contributed by atoms with Gasteiger partial charge in [0, 0.05) is 23.7 Å². The molecule has 124 valence electrons. The van der Waals surface area contributed by atoms with E-state index in [0.29, 0.717) is 12.5 Å². The molecule has 3 aliphatic heterocycles. The molecule has 0 spiro atoms. The summed E-state index contributed by atoms with van der Waals surface area (Å²) in [5.41, 5.74) is 0.184. The van der Waals surface area contributed by atoms with Gasteiger partial charge in [-0.2, -0.15) is 0 Å². The summed E-state index contributed by atoms with van der Waals surface area (Å²) in [5.74, 6) is 0.988. The predicted molar refractivity (Wildman–Crippen MR) is 85.1 cm³/mol. The average Bonchev–Trinajstić information content (AvgIpc) is 3.02. The Labute approximate surface area is 137 Å². The molecule has 5 nitrogen and oxygen atoms in total. The molecule has 4 heterocycles. The number of rotatable bonds is 1. The molecule has 5 heteroatoms. The van der Waals surface area contributed by atoms with Crippen LogP contribution in [0.5, 0.6) is 5.88 Å². The monoisotopic (exact) mass is 316 g/mol. The van der Waals surface area contributed by atoms with Gasteiger partial charge in [-0.1, -0.05) is 6.07 Å². The zero-order chi connectivity index (χ0) is 16.2. The summed E-state index contributed by atoms with van der Waals surface area (Å²) < 4.78 is 11.6. The molecule has 2 fully saturated rings. The van der Waals surface area contributed by atoms with Gasteiger partial charge in [0.05, 0.1) is 6.61 Å². The summed E-state index contributed by atoms with van der Waals surface area (Å²) in [6, 6.07) is 4.26. The molecule has 0 aromatic carbocycles. The van der Waals surface area contributed by atoms with Crippen LogP contribution >= 0.6 is 0 Å². The lowest BCUT2D eigenvalue weighted by atomic mass is 9.86. The van der Waals surface area contributed by atoms with Gasteiger partial charge in [-0.05, 0) is 52.6 Å². The van der Waals surface area contributed by atoms with E-state index in [9.17, 15) is 4.79 Å². The first-order valence-corrected chi connectivity index (χ1v) is 8.49. The zero-order valence-electron chi connectivity index (χ0n) is 14.0. The van der Waals surface area contributed by atoms with Gasteiger partial charge in [-0.3, -0.25) is 9.69 Å². The van der Waals surface area contributed by atoms with Gasteiger partial charge in [-0.25, -0.2) is 4.98 Å². The predicted octanol–water partition coefficient (Wildman–Crippen LogP) is 2.71. The number of fused-ring (bicyclic) bond motifs is 5. The summed E-state index contributed by atoms with van der Waals surface area (Å²) in [6.45, 7) is 7.38. The molecule has 1 aromatic heterocycles. The van der Waals surface area contributed by atoms with Crippen molar-refractivity contribution in [1.29, 1.82) is 0 Å². The van der Waals surface area contributed by atoms with Gasteiger partial charge in [0.15, 0.2) is 0 Å². The van der Waals surface area contributed by atoms with Crippen LogP contribution in [-0.4, -0.2) is 40.1 Å². The van der Waals surface area contributed by atoms with Crippen LogP contribution in [0.1, 0.15) is 51.6 Å². The summed E-state index contributed by atoms with van der Waals surface area (Å²) in [7, 11) is 0. The molecule has 23 heavy (non-hydrogen) atoms. The van der Waals surface area contributed by atoms with Crippen LogP contribution in [0.3, 0.4) is 0 Å². The van der Waals surface area contributed by atoms with E-state index in [4.69, 9.17) is 9.47 Å². The van der Waals surface area contributed by atoms with E-state index in [1.54, 1.807) is 6.20 Å². The van der Waals surface area contributed by atoms with Crippen molar-refractivity contribution in [3.05, 3.63) is 23.9 Å². The Morgan fingerprint density at radius 3 is 3.09 bits per heavy atom. The first-order chi connectivity index (χ1) is 10.9. The van der Waals surface area contributed by atoms with E-state index in [-0.39, 0.29) is 12.0 Å². The molecular formula is C18H24N2O3. The third-order valence-electron chi connectivity index (χ3n) is 5.25. The molecule has 3 aliphatic rings. The normalized spacial score (nSPS) is 32.7. The van der Waals surface area contributed by atoms with Crippen molar-refractivity contribution < 1.29 is 14.3 Å². The SMILES string of the molecule is CC(C)(C)OC(=O)[C@]12CCCN1[C@H]1c3cccnc3OC[C@H]1C2. The van der Waals surface area contributed by atoms with Crippen LogP contribution < -0.4 is 4.74 Å². The van der Waals surface area contributed by atoms with Gasteiger partial charge < -0.3 is 9.47 Å². The summed E-state index contributed by atoms with van der Waals surface area (Å²) in [6.07, 6.45) is 4.50. The van der Waals surface area contributed by atoms with Crippen molar-refractivity contribution in [2.75, 3.05) is 13.2 Å². The molecule has 0 amide bonds. The van der Waals surface area contributed by atoms with Gasteiger partial charge in [0.1, 0.15) is 11.1 Å². The van der Waals surface area contributed by atoms with Crippen LogP contribution in [0.4, 0.5) is 0 Å². The maximum absolute atomic E-state index is 13.0. The fourth-order valence-electron chi connectivity index (χ4n) is 4.51. The molecule has 1 aromatic rings. The number of hydrogen-bond acceptors (Lipinski definition) is 5. The highest BCUT2D eigenvalue weighted by atomic mass is 16.6. The first kappa shape index (κ1) is 14.9. The highest BCUT2D eigenvalue weighted by Crippen LogP contribution is 2.55. The lowest BCUT2D eigenvalue weighted by Gasteiger charge is -2.36. The molecule has 0 radical (unpaired) electrons. The molecule has 0 bridgehead atoms. The van der Waals surface area contributed by atoms with Gasteiger partial charge in [-0.15, -0.1) is 0 Å². The Morgan fingerprint density at radius 1 is 1.48 bits per heavy atom. The van der Waals surface area contributed by atoms with Crippen molar-refractivity contribution in [3.8, 4) is 5.88 Å². The lowest BCUT2D eigenvalue weighted by molar-refractivity contribution is -0.167. The van der Waals surface area contributed by atoms with E-state index in [1.807, 2.05) is 26.8 Å². The number of carbonyl (C=O) groups excluding carboxylic acids is 1. The topological polar surface area (TPSA) is 51.7 Å². The molecule has 0 aliphatic carbocycles. The van der Waals surface area contributed by atoms with Crippen LogP contribution in [-0.2, 0) is 9.53 Å². The molecule has 4 rings (SSSR count). The Bertz CT molecular complexity index is 639. The Hall–Kier alpha value is -1.62. The number of nitrogens with zero attached hydrogens (tertiary/aromatic N) is 2. The van der Waals surface area contributed by atoms with Gasteiger partial charge in [0.2, 0.25) is 5.88 Å². The zero-order valence-corrected chi connectivity index (χ0v) is 14.0. The number of ether oxygens (including phenoxy) is 2. The molecule has 0 N–H and O–H groups in total. The Morgan fingerprint density at radius 2 is 2.30 bits per heavy atom. The fourth-order valence-corrected chi connectivity index (χ4v) is 4.51. The minimum Gasteiger partial charge on any atom is -0.477 e. The molecular weight excluding hydrogens is 292 g/mol. The second-order valence-electron chi connectivity index (χ2n) is 7.95. The van der Waals surface area contributed by atoms with E-state index < -0.39 is 11.1 Å². The first-order valence-electron chi connectivity index (χ1n) is 8.49. The highest BCUT2D eigenvalue weighted by molar-refractivity contribution is 5.82. The van der Waals surface area contributed by atoms with Crippen LogP contribution in [0, 0.1) is 5.92 Å². The maximum Gasteiger partial charge on any atom is 0.327 e. The molecule has 0 unspecified atom stereocenters. The van der Waals surface area contributed by atoms with Crippen molar-refractivity contribution in [2.45, 2.75) is 57.2 Å². The quantitative estimate of drug-likeness (QED) is 0.746. The highest BCUT2D eigenvalue weighted by Gasteiger charge is 2.61. The Kier molecular flexibility index (Phi) is 3.21. The minimum absolute atomic E-state index is 0.0673. The standard InChI is InChI=1S/C18H24N2O3/c1-17(2,3)23-16(21)18-7-5-9-20(18)14-12(10-18)11-22-15-13(14)6-4-8-19-15/h4,6,8,12,14H,5,7,9-11H2,1-3H3/t12-,14-,18-/m1/s1. The average molecular weight is 316 g/mol. The number of hydrogen-bond donors (Lipinski definition) is 0. The van der Waals surface area contributed by atoms with Crippen LogP contribution in [0.15, 0.2) is 18.3 Å². The second-order valence-corrected chi connectivity index (χ2v) is 7.95. The van der Waals surface area contributed by atoms with E-state index in [0.717, 1.165) is 37.3 Å². The van der Waals surface area contributed by atoms with Crippen molar-refractivity contribution >= 4 is 5.97 Å². The number of esters is 1. The van der Waals surface area contributed by atoms with E-state index in [1.165, 1.54) is 0 Å². The van der Waals surface area contributed by atoms with Gasteiger partial charge >= 0.3 is 5.97 Å². The number of carbonyl (C=O) groups is 1. The van der Waals surface area contributed by atoms with Crippen LogP contribution in [0.25, 0.3) is 0 Å². The summed E-state index contributed by atoms with van der Waals surface area (Å²) in [5, 5.41) is 0. The fraction of sp³-hybridized carbons (Fsp3) is 0.667. The Balaban J connectivity index is 1.71. The third kappa shape index (κ3) is 2.24. The lowest BCUT2D eigenvalue weighted by Crippen LogP contribution is -2.49. The molecule has 3 atom stereocenters. The summed E-state index contributed by atoms with van der Waals surface area (Å²) >= 11 is 0. The number of aromatic nitrogens is 1. The smallest absolute Gasteiger partial charge is 0.327 e. The van der Waals surface area contributed by atoms with Crippen molar-refractivity contribution in [2.24, 2.45) is 5.92 Å². The van der Waals surface area contributed by atoms with E-state index >= 15 is 0 Å². The third-order valence-corrected chi connectivity index (χ3v) is 5.25. The minimum atomic E-state index is -0.483. The van der Waals surface area contributed by atoms with Crippen LogP contribution in [0.2, 0.25) is 0 Å². The molecule has 0 saturated carbocycles. The van der Waals surface area contributed by atoms with Crippen molar-refractivity contribution in [1.82, 2.24) is 9.88 Å². The largest absolute Gasteiger partial charge is 0.477 e. The van der Waals surface area contributed by atoms with Crippen molar-refractivity contribution in [3.63, 3.8) is 0 Å². The van der Waals surface area contributed by atoms with E-state index in [2.05, 4.69) is 16.0 Å². The van der Waals surface area contributed by atoms with Gasteiger partial charge in [0.25, 0.3) is 0 Å².